The number of amides is 3. The van der Waals surface area contributed by atoms with E-state index in [0.717, 1.165) is 10.5 Å². The minimum absolute atomic E-state index is 0.229. The van der Waals surface area contributed by atoms with E-state index < -0.39 is 5.91 Å². The van der Waals surface area contributed by atoms with Gasteiger partial charge in [-0.25, -0.2) is 4.39 Å². The van der Waals surface area contributed by atoms with Gasteiger partial charge in [-0.3, -0.25) is 19.3 Å². The minimum Gasteiger partial charge on any atom is -0.348 e. The molecule has 0 spiro atoms. The number of hydrogen-bond acceptors (Lipinski definition) is 3. The van der Waals surface area contributed by atoms with Crippen LogP contribution in [0.1, 0.15) is 36.6 Å². The van der Waals surface area contributed by atoms with E-state index in [2.05, 4.69) is 5.32 Å². The SMILES string of the molecule is CN1C(=O)c2ccc(C(=O)NCc3ccc(F)cc3)cc2C1=O. The van der Waals surface area contributed by atoms with Crippen molar-refractivity contribution in [1.29, 1.82) is 0 Å². The molecule has 0 aromatic heterocycles. The summed E-state index contributed by atoms with van der Waals surface area (Å²) in [4.78, 5) is 36.9. The van der Waals surface area contributed by atoms with Crippen molar-refractivity contribution in [1.82, 2.24) is 10.2 Å². The van der Waals surface area contributed by atoms with Gasteiger partial charge in [-0.1, -0.05) is 12.1 Å². The van der Waals surface area contributed by atoms with Crippen molar-refractivity contribution in [2.24, 2.45) is 0 Å². The smallest absolute Gasteiger partial charge is 0.261 e. The maximum absolute atomic E-state index is 12.8. The normalized spacial score (nSPS) is 13.2. The summed E-state index contributed by atoms with van der Waals surface area (Å²) in [5.41, 5.74) is 1.58. The molecule has 0 bridgehead atoms. The Morgan fingerprint density at radius 3 is 2.39 bits per heavy atom. The monoisotopic (exact) mass is 312 g/mol. The zero-order chi connectivity index (χ0) is 16.6. The second kappa shape index (κ2) is 5.64. The summed E-state index contributed by atoms with van der Waals surface area (Å²) in [7, 11) is 1.40. The largest absolute Gasteiger partial charge is 0.348 e. The van der Waals surface area contributed by atoms with Gasteiger partial charge >= 0.3 is 0 Å². The third-order valence-corrected chi connectivity index (χ3v) is 3.72. The fraction of sp³-hybridized carbons (Fsp3) is 0.118. The number of halogens is 1. The topological polar surface area (TPSA) is 66.5 Å². The molecular formula is C17H13FN2O3. The van der Waals surface area contributed by atoms with Crippen LogP contribution in [0.5, 0.6) is 0 Å². The lowest BCUT2D eigenvalue weighted by molar-refractivity contribution is 0.0693. The Morgan fingerprint density at radius 1 is 1.04 bits per heavy atom. The number of carbonyl (C=O) groups excluding carboxylic acids is 3. The van der Waals surface area contributed by atoms with E-state index in [1.807, 2.05) is 0 Å². The fourth-order valence-corrected chi connectivity index (χ4v) is 2.39. The molecule has 5 nitrogen and oxygen atoms in total. The molecule has 1 aliphatic heterocycles. The van der Waals surface area contributed by atoms with Crippen LogP contribution in [0.3, 0.4) is 0 Å². The van der Waals surface area contributed by atoms with Gasteiger partial charge in [0.1, 0.15) is 5.82 Å². The van der Waals surface area contributed by atoms with Crippen LogP contribution in [0.2, 0.25) is 0 Å². The van der Waals surface area contributed by atoms with Crippen molar-refractivity contribution in [3.63, 3.8) is 0 Å². The zero-order valence-electron chi connectivity index (χ0n) is 12.3. The number of benzene rings is 2. The van der Waals surface area contributed by atoms with Crippen LogP contribution in [0.25, 0.3) is 0 Å². The molecule has 0 saturated heterocycles. The molecule has 1 aliphatic rings. The Labute approximate surface area is 131 Å². The Balaban J connectivity index is 1.75. The molecule has 0 atom stereocenters. The van der Waals surface area contributed by atoms with E-state index >= 15 is 0 Å². The maximum atomic E-state index is 12.8. The van der Waals surface area contributed by atoms with Gasteiger partial charge in [-0.15, -0.1) is 0 Å². The van der Waals surface area contributed by atoms with Crippen molar-refractivity contribution in [2.75, 3.05) is 7.05 Å². The molecule has 116 valence electrons. The highest BCUT2D eigenvalue weighted by Gasteiger charge is 2.33. The van der Waals surface area contributed by atoms with Crippen LogP contribution >= 0.6 is 0 Å². The van der Waals surface area contributed by atoms with Gasteiger partial charge in [0.2, 0.25) is 0 Å². The fourth-order valence-electron chi connectivity index (χ4n) is 2.39. The van der Waals surface area contributed by atoms with Gasteiger partial charge in [-0.05, 0) is 35.9 Å². The molecule has 0 aliphatic carbocycles. The maximum Gasteiger partial charge on any atom is 0.261 e. The van der Waals surface area contributed by atoms with Crippen molar-refractivity contribution >= 4 is 17.7 Å². The first-order valence-corrected chi connectivity index (χ1v) is 6.96. The van der Waals surface area contributed by atoms with Gasteiger partial charge in [0.15, 0.2) is 0 Å². The standard InChI is InChI=1S/C17H13FN2O3/c1-20-16(22)13-7-4-11(8-14(13)17(20)23)15(21)19-9-10-2-5-12(18)6-3-10/h2-8H,9H2,1H3,(H,19,21). The molecule has 3 rings (SSSR count). The van der Waals surface area contributed by atoms with Gasteiger partial charge in [0, 0.05) is 19.2 Å². The second-order valence-corrected chi connectivity index (χ2v) is 5.24. The lowest BCUT2D eigenvalue weighted by Gasteiger charge is -2.06. The molecule has 6 heteroatoms. The van der Waals surface area contributed by atoms with Gasteiger partial charge in [-0.2, -0.15) is 0 Å². The number of carbonyl (C=O) groups is 3. The summed E-state index contributed by atoms with van der Waals surface area (Å²) in [6.45, 7) is 0.239. The van der Waals surface area contributed by atoms with Crippen molar-refractivity contribution < 1.29 is 18.8 Å². The highest BCUT2D eigenvalue weighted by molar-refractivity contribution is 6.21. The van der Waals surface area contributed by atoms with E-state index in [1.54, 1.807) is 12.1 Å². The van der Waals surface area contributed by atoms with E-state index in [1.165, 1.54) is 37.4 Å². The third kappa shape index (κ3) is 2.70. The molecule has 0 radical (unpaired) electrons. The first-order chi connectivity index (χ1) is 11.0. The van der Waals surface area contributed by atoms with E-state index in [-0.39, 0.29) is 29.7 Å². The lowest BCUT2D eigenvalue weighted by Crippen LogP contribution is -2.24. The summed E-state index contributed by atoms with van der Waals surface area (Å²) < 4.78 is 12.8. The predicted molar refractivity (Wildman–Crippen MR) is 80.4 cm³/mol. The van der Waals surface area contributed by atoms with Crippen LogP contribution in [0.4, 0.5) is 4.39 Å². The van der Waals surface area contributed by atoms with Gasteiger partial charge < -0.3 is 5.32 Å². The van der Waals surface area contributed by atoms with Crippen LogP contribution in [-0.2, 0) is 6.54 Å². The Hall–Kier alpha value is -3.02. The number of rotatable bonds is 3. The quantitative estimate of drug-likeness (QED) is 0.881. The van der Waals surface area contributed by atoms with Crippen molar-refractivity contribution in [3.05, 3.63) is 70.5 Å². The molecule has 0 fully saturated rings. The van der Waals surface area contributed by atoms with E-state index in [0.29, 0.717) is 11.1 Å². The van der Waals surface area contributed by atoms with Gasteiger partial charge in [0.05, 0.1) is 11.1 Å². The molecule has 2 aromatic carbocycles. The Kier molecular flexibility index (Phi) is 3.65. The lowest BCUT2D eigenvalue weighted by atomic mass is 10.1. The molecule has 1 N–H and O–H groups in total. The summed E-state index contributed by atoms with van der Waals surface area (Å²) in [5, 5.41) is 2.69. The molecule has 0 saturated carbocycles. The first kappa shape index (κ1) is 14.9. The summed E-state index contributed by atoms with van der Waals surface area (Å²) in [6.07, 6.45) is 0. The average Bonchev–Trinajstić information content (AvgIpc) is 2.78. The summed E-state index contributed by atoms with van der Waals surface area (Å²) >= 11 is 0. The minimum atomic E-state index is -0.418. The molecule has 23 heavy (non-hydrogen) atoms. The molecule has 0 unspecified atom stereocenters. The number of fused-ring (bicyclic) bond motifs is 1. The molecule has 1 heterocycles. The highest BCUT2D eigenvalue weighted by Crippen LogP contribution is 2.22. The summed E-state index contributed by atoms with van der Waals surface area (Å²) in [6, 6.07) is 10.2. The molecular weight excluding hydrogens is 299 g/mol. The van der Waals surface area contributed by atoms with Crippen LogP contribution in [-0.4, -0.2) is 29.7 Å². The number of hydrogen-bond donors (Lipinski definition) is 1. The number of imide groups is 1. The highest BCUT2D eigenvalue weighted by atomic mass is 19.1. The molecule has 2 aromatic rings. The average molecular weight is 312 g/mol. The van der Waals surface area contributed by atoms with Gasteiger partial charge in [0.25, 0.3) is 17.7 Å². The summed E-state index contributed by atoms with van der Waals surface area (Å²) in [5.74, 6) is -1.50. The van der Waals surface area contributed by atoms with E-state index in [9.17, 15) is 18.8 Å². The van der Waals surface area contributed by atoms with Crippen LogP contribution < -0.4 is 5.32 Å². The third-order valence-electron chi connectivity index (χ3n) is 3.72. The number of nitrogens with one attached hydrogen (secondary N) is 1. The molecule has 3 amide bonds. The van der Waals surface area contributed by atoms with Crippen LogP contribution in [0, 0.1) is 5.82 Å². The second-order valence-electron chi connectivity index (χ2n) is 5.24. The van der Waals surface area contributed by atoms with Crippen molar-refractivity contribution in [2.45, 2.75) is 6.54 Å². The number of nitrogens with zero attached hydrogens (tertiary/aromatic N) is 1. The first-order valence-electron chi connectivity index (χ1n) is 6.96. The zero-order valence-corrected chi connectivity index (χ0v) is 12.3. The van der Waals surface area contributed by atoms with Crippen LogP contribution in [0.15, 0.2) is 42.5 Å². The van der Waals surface area contributed by atoms with E-state index in [4.69, 9.17) is 0 Å². The Morgan fingerprint density at radius 2 is 1.70 bits per heavy atom. The van der Waals surface area contributed by atoms with Crippen molar-refractivity contribution in [3.8, 4) is 0 Å². The predicted octanol–water partition coefficient (Wildman–Crippen LogP) is 1.98. The Bertz CT molecular complexity index is 815.